The number of carbonyl (C=O) groups is 2. The van der Waals surface area contributed by atoms with Crippen LogP contribution < -0.4 is 10.0 Å². The van der Waals surface area contributed by atoms with E-state index in [9.17, 15) is 23.1 Å². The largest absolute Gasteiger partial charge is 0.478 e. The number of benzene rings is 1. The molecule has 0 saturated carbocycles. The van der Waals surface area contributed by atoms with Crippen molar-refractivity contribution in [2.45, 2.75) is 69.2 Å². The molecule has 3 rings (SSSR count). The third-order valence-electron chi connectivity index (χ3n) is 5.77. The number of ether oxygens (including phenoxy) is 1. The quantitative estimate of drug-likeness (QED) is 0.453. The molecular formula is C24H30N2O6S2. The number of thiophene rings is 1. The van der Waals surface area contributed by atoms with E-state index < -0.39 is 34.2 Å². The first-order valence-corrected chi connectivity index (χ1v) is 13.5. The van der Waals surface area contributed by atoms with Gasteiger partial charge in [0, 0.05) is 23.4 Å². The molecule has 1 amide bonds. The molecule has 184 valence electrons. The highest BCUT2D eigenvalue weighted by Gasteiger charge is 2.39. The number of aliphatic carboxylic acids is 1. The maximum absolute atomic E-state index is 13.2. The molecule has 0 aliphatic heterocycles. The Morgan fingerprint density at radius 2 is 1.85 bits per heavy atom. The zero-order valence-corrected chi connectivity index (χ0v) is 21.0. The standard InChI is InChI=1S/C24H30N2O6S2/c1-4-18(5-2)32-21-14-17(24(28)29)13-20(23(21)25-15(3)27)26-34(30,31)19-10-8-16(9-11-19)22-7-6-12-33-22/h6-12,14,18,20-21,23,26H,4-5,13H2,1-3H3,(H,25,27)(H,28,29)/t20-,21+,23+/m0/s1. The summed E-state index contributed by atoms with van der Waals surface area (Å²) >= 11 is 1.55. The van der Waals surface area contributed by atoms with E-state index in [4.69, 9.17) is 4.74 Å². The van der Waals surface area contributed by atoms with Crippen molar-refractivity contribution in [3.05, 3.63) is 53.4 Å². The molecule has 8 nitrogen and oxygen atoms in total. The van der Waals surface area contributed by atoms with E-state index in [2.05, 4.69) is 10.0 Å². The van der Waals surface area contributed by atoms with Crippen LogP contribution in [0.15, 0.2) is 58.3 Å². The number of rotatable bonds is 10. The third-order valence-corrected chi connectivity index (χ3v) is 8.20. The second-order valence-corrected chi connectivity index (χ2v) is 10.9. The second kappa shape index (κ2) is 11.3. The Bertz CT molecular complexity index is 1120. The van der Waals surface area contributed by atoms with E-state index in [1.54, 1.807) is 23.5 Å². The van der Waals surface area contributed by atoms with E-state index in [1.807, 2.05) is 31.4 Å². The minimum Gasteiger partial charge on any atom is -0.478 e. The molecule has 10 heteroatoms. The fourth-order valence-electron chi connectivity index (χ4n) is 3.99. The minimum absolute atomic E-state index is 0.0401. The van der Waals surface area contributed by atoms with Gasteiger partial charge in [-0.15, -0.1) is 11.3 Å². The normalized spacial score (nSPS) is 20.7. The summed E-state index contributed by atoms with van der Waals surface area (Å²) in [5, 5.41) is 14.4. The van der Waals surface area contributed by atoms with Gasteiger partial charge in [0.05, 0.1) is 23.1 Å². The van der Waals surface area contributed by atoms with E-state index in [1.165, 1.54) is 25.1 Å². The van der Waals surface area contributed by atoms with Crippen LogP contribution in [0.3, 0.4) is 0 Å². The maximum Gasteiger partial charge on any atom is 0.331 e. The van der Waals surface area contributed by atoms with Gasteiger partial charge in [0.2, 0.25) is 15.9 Å². The highest BCUT2D eigenvalue weighted by atomic mass is 32.2. The molecule has 1 aliphatic rings. The predicted molar refractivity (Wildman–Crippen MR) is 131 cm³/mol. The van der Waals surface area contributed by atoms with Crippen LogP contribution in [0.25, 0.3) is 10.4 Å². The number of nitrogens with one attached hydrogen (secondary N) is 2. The van der Waals surface area contributed by atoms with Crippen molar-refractivity contribution in [1.29, 1.82) is 0 Å². The Balaban J connectivity index is 1.90. The summed E-state index contributed by atoms with van der Waals surface area (Å²) in [5.74, 6) is -1.51. The van der Waals surface area contributed by atoms with E-state index in [0.29, 0.717) is 12.8 Å². The summed E-state index contributed by atoms with van der Waals surface area (Å²) in [4.78, 5) is 24.8. The first-order valence-electron chi connectivity index (χ1n) is 11.2. The topological polar surface area (TPSA) is 122 Å². The maximum atomic E-state index is 13.2. The van der Waals surface area contributed by atoms with Crippen LogP contribution in [-0.2, 0) is 24.3 Å². The average Bonchev–Trinajstić information content (AvgIpc) is 3.33. The van der Waals surface area contributed by atoms with Crippen LogP contribution in [0, 0.1) is 0 Å². The molecule has 3 atom stereocenters. The van der Waals surface area contributed by atoms with Crippen molar-refractivity contribution in [3.8, 4) is 10.4 Å². The Morgan fingerprint density at radius 3 is 2.38 bits per heavy atom. The van der Waals surface area contributed by atoms with Gasteiger partial charge in [-0.05, 0) is 54.5 Å². The van der Waals surface area contributed by atoms with Crippen LogP contribution in [0.4, 0.5) is 0 Å². The van der Waals surface area contributed by atoms with Crippen molar-refractivity contribution in [2.75, 3.05) is 0 Å². The molecule has 34 heavy (non-hydrogen) atoms. The van der Waals surface area contributed by atoms with Gasteiger partial charge >= 0.3 is 5.97 Å². The Kier molecular flexibility index (Phi) is 8.64. The minimum atomic E-state index is -4.00. The van der Waals surface area contributed by atoms with Gasteiger partial charge in [0.15, 0.2) is 0 Å². The summed E-state index contributed by atoms with van der Waals surface area (Å²) < 4.78 is 35.2. The van der Waals surface area contributed by atoms with Crippen molar-refractivity contribution in [3.63, 3.8) is 0 Å². The first kappa shape index (κ1) is 26.1. The van der Waals surface area contributed by atoms with Crippen LogP contribution in [-0.4, -0.2) is 49.7 Å². The second-order valence-electron chi connectivity index (χ2n) is 8.20. The fourth-order valence-corrected chi connectivity index (χ4v) is 5.98. The molecule has 0 saturated heterocycles. The lowest BCUT2D eigenvalue weighted by atomic mass is 9.88. The molecule has 0 radical (unpaired) electrons. The Morgan fingerprint density at radius 1 is 1.18 bits per heavy atom. The monoisotopic (exact) mass is 506 g/mol. The van der Waals surface area contributed by atoms with Gasteiger partial charge in [-0.25, -0.2) is 17.9 Å². The molecule has 1 aromatic heterocycles. The molecule has 0 spiro atoms. The first-order chi connectivity index (χ1) is 16.1. The van der Waals surface area contributed by atoms with E-state index in [0.717, 1.165) is 10.4 Å². The summed E-state index contributed by atoms with van der Waals surface area (Å²) in [7, 11) is -4.00. The third kappa shape index (κ3) is 6.32. The number of hydrogen-bond acceptors (Lipinski definition) is 6. The molecule has 1 aliphatic carbocycles. The fraction of sp³-hybridized carbons (Fsp3) is 0.417. The van der Waals surface area contributed by atoms with Crippen molar-refractivity contribution in [1.82, 2.24) is 10.0 Å². The van der Waals surface area contributed by atoms with Crippen molar-refractivity contribution < 1.29 is 27.9 Å². The average molecular weight is 507 g/mol. The van der Waals surface area contributed by atoms with Gasteiger partial charge in [0.25, 0.3) is 0 Å². The number of sulfonamides is 1. The van der Waals surface area contributed by atoms with E-state index in [-0.39, 0.29) is 28.9 Å². The van der Waals surface area contributed by atoms with Crippen LogP contribution in [0.2, 0.25) is 0 Å². The van der Waals surface area contributed by atoms with Gasteiger partial charge in [-0.1, -0.05) is 32.0 Å². The SMILES string of the molecule is CCC(CC)O[C@@H]1C=C(C(=O)O)C[C@H](NS(=O)(=O)c2ccc(-c3cccs3)cc2)[C@H]1NC(C)=O. The number of amides is 1. The predicted octanol–water partition coefficient (Wildman–Crippen LogP) is 3.56. The molecule has 3 N–H and O–H groups in total. The molecule has 2 aromatic rings. The van der Waals surface area contributed by atoms with Gasteiger partial charge in [-0.3, -0.25) is 4.79 Å². The molecule has 0 bridgehead atoms. The van der Waals surface area contributed by atoms with Crippen molar-refractivity contribution in [2.24, 2.45) is 0 Å². The summed E-state index contributed by atoms with van der Waals surface area (Å²) in [5.41, 5.74) is 0.941. The summed E-state index contributed by atoms with van der Waals surface area (Å²) in [6, 6.07) is 8.70. The van der Waals surface area contributed by atoms with Gasteiger partial charge < -0.3 is 15.2 Å². The Hall–Kier alpha value is -2.53. The zero-order valence-electron chi connectivity index (χ0n) is 19.4. The van der Waals surface area contributed by atoms with Crippen molar-refractivity contribution >= 4 is 33.2 Å². The highest BCUT2D eigenvalue weighted by molar-refractivity contribution is 7.89. The Labute approximate surface area is 204 Å². The van der Waals surface area contributed by atoms with Gasteiger partial charge in [-0.2, -0.15) is 0 Å². The molecule has 1 aromatic carbocycles. The lowest BCUT2D eigenvalue weighted by Gasteiger charge is -2.38. The van der Waals surface area contributed by atoms with Crippen LogP contribution >= 0.6 is 11.3 Å². The zero-order chi connectivity index (χ0) is 24.9. The highest BCUT2D eigenvalue weighted by Crippen LogP contribution is 2.28. The lowest BCUT2D eigenvalue weighted by Crippen LogP contribution is -2.59. The summed E-state index contributed by atoms with van der Waals surface area (Å²) in [6.07, 6.45) is 1.83. The number of hydrogen-bond donors (Lipinski definition) is 3. The van der Waals surface area contributed by atoms with E-state index >= 15 is 0 Å². The number of carboxylic acid groups (broad SMARTS) is 1. The molecule has 0 unspecified atom stereocenters. The lowest BCUT2D eigenvalue weighted by molar-refractivity contribution is -0.133. The summed E-state index contributed by atoms with van der Waals surface area (Å²) in [6.45, 7) is 5.23. The molecule has 0 fully saturated rings. The smallest absolute Gasteiger partial charge is 0.331 e. The van der Waals surface area contributed by atoms with Gasteiger partial charge in [0.1, 0.15) is 0 Å². The van der Waals surface area contributed by atoms with Crippen LogP contribution in [0.1, 0.15) is 40.0 Å². The molecular weight excluding hydrogens is 476 g/mol. The van der Waals surface area contributed by atoms with Crippen LogP contribution in [0.5, 0.6) is 0 Å². The number of carbonyl (C=O) groups excluding carboxylic acids is 1. The molecule has 1 heterocycles. The number of carboxylic acids is 1.